The Balaban J connectivity index is 0.000000292. The van der Waals surface area contributed by atoms with E-state index < -0.39 is 0 Å². The van der Waals surface area contributed by atoms with Crippen molar-refractivity contribution >= 4 is 18.1 Å². The number of ether oxygens (including phenoxy) is 1. The normalized spacial score (nSPS) is 13.3. The molecule has 2 amide bonds. The van der Waals surface area contributed by atoms with E-state index in [1.54, 1.807) is 23.2 Å². The molecule has 1 saturated heterocycles. The number of pyridine rings is 1. The highest BCUT2D eigenvalue weighted by atomic mass is 16.5. The largest absolute Gasteiger partial charge is 0.395 e. The molecule has 0 aliphatic carbocycles. The van der Waals surface area contributed by atoms with Crippen molar-refractivity contribution in [3.8, 4) is 11.1 Å². The van der Waals surface area contributed by atoms with E-state index in [1.165, 1.54) is 0 Å². The van der Waals surface area contributed by atoms with E-state index in [-0.39, 0.29) is 19.1 Å². The van der Waals surface area contributed by atoms with Crippen molar-refractivity contribution in [2.24, 2.45) is 0 Å². The summed E-state index contributed by atoms with van der Waals surface area (Å²) in [7, 11) is 0. The number of hydrogen-bond acceptors (Lipinski definition) is 6. The number of aromatic nitrogens is 1. The fourth-order valence-electron chi connectivity index (χ4n) is 2.57. The van der Waals surface area contributed by atoms with Gasteiger partial charge < -0.3 is 25.8 Å². The second-order valence-electron chi connectivity index (χ2n) is 6.26. The number of carbonyl (C=O) groups is 2. The third kappa shape index (κ3) is 6.33. The van der Waals surface area contributed by atoms with Crippen molar-refractivity contribution in [1.82, 2.24) is 15.2 Å². The molecule has 0 unspecified atom stereocenters. The lowest BCUT2D eigenvalue weighted by Gasteiger charge is -2.21. The average Bonchev–Trinajstić information content (AvgIpc) is 2.75. The summed E-state index contributed by atoms with van der Waals surface area (Å²) in [6.07, 6.45) is 2.58. The predicted octanol–water partition coefficient (Wildman–Crippen LogP) is 0.836. The van der Waals surface area contributed by atoms with Gasteiger partial charge >= 0.3 is 0 Å². The van der Waals surface area contributed by atoms with Gasteiger partial charge in [0.1, 0.15) is 5.82 Å². The number of anilines is 1. The highest BCUT2D eigenvalue weighted by Crippen LogP contribution is 2.25. The monoisotopic (exact) mass is 386 g/mol. The van der Waals surface area contributed by atoms with Crippen LogP contribution in [0.3, 0.4) is 0 Å². The number of aliphatic hydroxyl groups excluding tert-OH is 1. The number of nitrogens with two attached hydrogens (primary N) is 1. The van der Waals surface area contributed by atoms with Crippen molar-refractivity contribution in [2.75, 3.05) is 45.2 Å². The Hall–Kier alpha value is -2.97. The predicted molar refractivity (Wildman–Crippen MR) is 107 cm³/mol. The number of nitrogen functional groups attached to an aromatic ring is 1. The molecule has 4 N–H and O–H groups in total. The third-order valence-electron chi connectivity index (χ3n) is 4.11. The molecule has 0 saturated carbocycles. The molecular formula is C20H26N4O4. The van der Waals surface area contributed by atoms with Gasteiger partial charge in [-0.3, -0.25) is 9.59 Å². The van der Waals surface area contributed by atoms with Crippen LogP contribution in [0.1, 0.15) is 15.9 Å². The van der Waals surface area contributed by atoms with Crippen LogP contribution in [-0.2, 0) is 9.53 Å². The van der Waals surface area contributed by atoms with Crippen molar-refractivity contribution in [3.63, 3.8) is 0 Å². The SMILES string of the molecule is Cc1cnc(N)c(-c2ccc(C(=O)NCCO)cc2)c1.O=CN1CCOCC1. The number of aliphatic hydroxyl groups is 1. The molecule has 2 aromatic rings. The van der Waals surface area contributed by atoms with Crippen LogP contribution in [0.2, 0.25) is 0 Å². The number of aryl methyl sites for hydroxylation is 1. The first-order valence-corrected chi connectivity index (χ1v) is 9.04. The Morgan fingerprint density at radius 2 is 2.00 bits per heavy atom. The van der Waals surface area contributed by atoms with Crippen LogP contribution in [0, 0.1) is 6.92 Å². The molecular weight excluding hydrogens is 360 g/mol. The maximum Gasteiger partial charge on any atom is 0.251 e. The first-order valence-electron chi connectivity index (χ1n) is 9.04. The van der Waals surface area contributed by atoms with E-state index in [0.717, 1.165) is 36.2 Å². The summed E-state index contributed by atoms with van der Waals surface area (Å²) in [5.74, 6) is 0.258. The standard InChI is InChI=1S/C15H17N3O2.C5H9NO2/c1-10-8-13(14(16)18-9-10)11-2-4-12(5-3-11)15(20)17-6-7-19;7-5-6-1-3-8-4-2-6/h2-5,8-9,19H,6-7H2,1H3,(H2,16,18)(H,17,20);5H,1-4H2. The molecule has 1 aliphatic rings. The van der Waals surface area contributed by atoms with Crippen LogP contribution in [0.4, 0.5) is 5.82 Å². The van der Waals surface area contributed by atoms with Gasteiger partial charge in [-0.15, -0.1) is 0 Å². The lowest BCUT2D eigenvalue weighted by atomic mass is 10.0. The van der Waals surface area contributed by atoms with Crippen molar-refractivity contribution in [2.45, 2.75) is 6.92 Å². The molecule has 1 aliphatic heterocycles. The molecule has 8 nitrogen and oxygen atoms in total. The van der Waals surface area contributed by atoms with Crippen LogP contribution in [-0.4, -0.2) is 66.8 Å². The number of carbonyl (C=O) groups excluding carboxylic acids is 2. The fourth-order valence-corrected chi connectivity index (χ4v) is 2.57. The van der Waals surface area contributed by atoms with E-state index in [1.807, 2.05) is 25.1 Å². The van der Waals surface area contributed by atoms with Gasteiger partial charge in [0, 0.05) is 37.0 Å². The molecule has 0 spiro atoms. The molecule has 150 valence electrons. The average molecular weight is 386 g/mol. The third-order valence-corrected chi connectivity index (χ3v) is 4.11. The van der Waals surface area contributed by atoms with Crippen LogP contribution >= 0.6 is 0 Å². The van der Waals surface area contributed by atoms with Gasteiger partial charge in [-0.05, 0) is 36.2 Å². The van der Waals surface area contributed by atoms with Gasteiger partial charge in [0.2, 0.25) is 6.41 Å². The lowest BCUT2D eigenvalue weighted by molar-refractivity contribution is -0.121. The molecule has 0 radical (unpaired) electrons. The number of nitrogens with one attached hydrogen (secondary N) is 1. The minimum Gasteiger partial charge on any atom is -0.395 e. The fraction of sp³-hybridized carbons (Fsp3) is 0.350. The summed E-state index contributed by atoms with van der Waals surface area (Å²) in [6.45, 7) is 5.02. The molecule has 0 bridgehead atoms. The van der Waals surface area contributed by atoms with E-state index in [4.69, 9.17) is 15.6 Å². The maximum absolute atomic E-state index is 11.7. The number of benzene rings is 1. The van der Waals surface area contributed by atoms with Crippen LogP contribution in [0.15, 0.2) is 36.5 Å². The van der Waals surface area contributed by atoms with Crippen molar-refractivity contribution < 1.29 is 19.4 Å². The second kappa shape index (κ2) is 11.0. The summed E-state index contributed by atoms with van der Waals surface area (Å²) in [5, 5.41) is 11.3. The van der Waals surface area contributed by atoms with E-state index in [9.17, 15) is 9.59 Å². The Kier molecular flexibility index (Phi) is 8.38. The number of nitrogens with zero attached hydrogens (tertiary/aromatic N) is 2. The molecule has 2 heterocycles. The Morgan fingerprint density at radius 3 is 2.57 bits per heavy atom. The Bertz CT molecular complexity index is 774. The van der Waals surface area contributed by atoms with Gasteiger partial charge in [-0.2, -0.15) is 0 Å². The highest BCUT2D eigenvalue weighted by molar-refractivity contribution is 5.94. The van der Waals surface area contributed by atoms with Gasteiger partial charge in [0.05, 0.1) is 19.8 Å². The lowest BCUT2D eigenvalue weighted by Crippen LogP contribution is -2.34. The Morgan fingerprint density at radius 1 is 1.32 bits per heavy atom. The smallest absolute Gasteiger partial charge is 0.251 e. The van der Waals surface area contributed by atoms with Crippen LogP contribution in [0.5, 0.6) is 0 Å². The van der Waals surface area contributed by atoms with Gasteiger partial charge in [0.15, 0.2) is 0 Å². The topological polar surface area (TPSA) is 118 Å². The molecule has 8 heteroatoms. The van der Waals surface area contributed by atoms with Crippen LogP contribution in [0.25, 0.3) is 11.1 Å². The highest BCUT2D eigenvalue weighted by Gasteiger charge is 2.08. The summed E-state index contributed by atoms with van der Waals surface area (Å²) in [6, 6.07) is 9.08. The summed E-state index contributed by atoms with van der Waals surface area (Å²) in [4.78, 5) is 27.6. The van der Waals surface area contributed by atoms with Crippen molar-refractivity contribution in [1.29, 1.82) is 0 Å². The maximum atomic E-state index is 11.7. The minimum atomic E-state index is -0.207. The zero-order valence-electron chi connectivity index (χ0n) is 15.9. The van der Waals surface area contributed by atoms with Gasteiger partial charge in [-0.25, -0.2) is 4.98 Å². The Labute approximate surface area is 164 Å². The van der Waals surface area contributed by atoms with Crippen LogP contribution < -0.4 is 11.1 Å². The number of rotatable bonds is 5. The molecule has 1 aromatic carbocycles. The quantitative estimate of drug-likeness (QED) is 0.656. The molecule has 3 rings (SSSR count). The van der Waals surface area contributed by atoms with Gasteiger partial charge in [-0.1, -0.05) is 12.1 Å². The van der Waals surface area contributed by atoms with E-state index in [2.05, 4.69) is 10.3 Å². The molecule has 1 fully saturated rings. The first kappa shape index (κ1) is 21.3. The summed E-state index contributed by atoms with van der Waals surface area (Å²) in [5.41, 5.74) is 9.20. The van der Waals surface area contributed by atoms with E-state index >= 15 is 0 Å². The summed E-state index contributed by atoms with van der Waals surface area (Å²) >= 11 is 0. The number of morpholine rings is 1. The van der Waals surface area contributed by atoms with E-state index in [0.29, 0.717) is 24.6 Å². The number of hydrogen-bond donors (Lipinski definition) is 3. The zero-order valence-corrected chi connectivity index (χ0v) is 15.9. The molecule has 1 aromatic heterocycles. The zero-order chi connectivity index (χ0) is 20.4. The van der Waals surface area contributed by atoms with Gasteiger partial charge in [0.25, 0.3) is 5.91 Å². The first-order chi connectivity index (χ1) is 13.5. The minimum absolute atomic E-state index is 0.0741. The molecule has 28 heavy (non-hydrogen) atoms. The summed E-state index contributed by atoms with van der Waals surface area (Å²) < 4.78 is 5.00. The second-order valence-corrected chi connectivity index (χ2v) is 6.26. The number of amides is 2. The molecule has 0 atom stereocenters. The van der Waals surface area contributed by atoms with Crippen molar-refractivity contribution in [3.05, 3.63) is 47.7 Å².